The minimum atomic E-state index is -2.19. The number of nitrogens with zero attached hydrogens (tertiary/aromatic N) is 1. The Morgan fingerprint density at radius 3 is 2.27 bits per heavy atom. The maximum Gasteiger partial charge on any atom is 0.312 e. The van der Waals surface area contributed by atoms with Crippen molar-refractivity contribution < 1.29 is 82.4 Å². The number of anilines is 1. The smallest absolute Gasteiger partial charge is 0.312 e. The van der Waals surface area contributed by atoms with E-state index < -0.39 is 76.7 Å². The number of phenolic OH excluding ortho intramolecular Hbond substituents is 2. The van der Waals surface area contributed by atoms with E-state index in [-0.39, 0.29) is 91.6 Å². The Kier molecular flexibility index (Phi) is 25.7. The van der Waals surface area contributed by atoms with E-state index in [0.717, 1.165) is 31.7 Å². The molecular formula is C55H80N8O17. The Balaban J connectivity index is 0.000000264. The summed E-state index contributed by atoms with van der Waals surface area (Å²) in [5, 5.41) is 59.0. The van der Waals surface area contributed by atoms with Gasteiger partial charge in [-0.1, -0.05) is 52.0 Å². The van der Waals surface area contributed by atoms with E-state index in [1.807, 2.05) is 12.1 Å². The molecule has 3 saturated heterocycles. The lowest BCUT2D eigenvalue weighted by Crippen LogP contribution is -2.53. The van der Waals surface area contributed by atoms with Crippen molar-refractivity contribution in [2.75, 3.05) is 79.6 Å². The summed E-state index contributed by atoms with van der Waals surface area (Å²) in [4.78, 5) is 86.8. The molecule has 0 saturated carbocycles. The van der Waals surface area contributed by atoms with Crippen LogP contribution in [0.25, 0.3) is 0 Å². The monoisotopic (exact) mass is 1120 g/mol. The number of urea groups is 1. The number of ketones is 2. The standard InChI is InChI=1S/C23H22N2O9.C17H27N5O4.C11H19NO4.C3H8.CH4/c1-34-13-4-2-3-10-15(13)21(31)17-16(18(10)28)19(29)11-7-23(33,8-12(27)14(11)20(17)30)22(32)25-6-5-24-9-26;1-19-10-15(23)22-14(4-3-9-20-17(18)25)16(24)21-13-7-5-12(6-8-13)11-26-2;1-7-9-8(3-5-14-7)12-4-6-15-11(13-2)10(12)16-9;1-3-2;/h2-4,9,12,27,29-30,33H,5-8H2,1H3,(H,24,26)(H,25,32);5-8,14,19H,3-4,9-11H2,1-2H3,(H,21,24)(H,22,23)(H3,18,20,25);7-11H,3-6H2,1-2H3;3H2,1-2H3;1H4/t12?,23-;;7?,8?,9?,10-,11?;;/m1.1../s1. The highest BCUT2D eigenvalue weighted by Crippen LogP contribution is 2.51. The Hall–Kier alpha value is -6.81. The van der Waals surface area contributed by atoms with E-state index in [2.05, 4.69) is 57.6 Å². The summed E-state index contributed by atoms with van der Waals surface area (Å²) in [5.74, 6) is -4.32. The van der Waals surface area contributed by atoms with Gasteiger partial charge >= 0.3 is 6.03 Å². The highest BCUT2D eigenvalue weighted by molar-refractivity contribution is 6.31. The van der Waals surface area contributed by atoms with Gasteiger partial charge < -0.3 is 86.5 Å². The molecule has 25 nitrogen and oxygen atoms in total. The van der Waals surface area contributed by atoms with Gasteiger partial charge in [-0.3, -0.25) is 33.7 Å². The molecule has 0 aromatic heterocycles. The van der Waals surface area contributed by atoms with Gasteiger partial charge in [0.25, 0.3) is 5.91 Å². The van der Waals surface area contributed by atoms with E-state index >= 15 is 0 Å². The van der Waals surface area contributed by atoms with E-state index in [9.17, 15) is 54.0 Å². The van der Waals surface area contributed by atoms with Crippen molar-refractivity contribution in [3.05, 3.63) is 81.4 Å². The van der Waals surface area contributed by atoms with Gasteiger partial charge in [0.2, 0.25) is 24.0 Å². The third-order valence-electron chi connectivity index (χ3n) is 13.4. The lowest BCUT2D eigenvalue weighted by Gasteiger charge is -2.37. The van der Waals surface area contributed by atoms with Crippen LogP contribution in [0.1, 0.15) is 115 Å². The van der Waals surface area contributed by atoms with Crippen LogP contribution < -0.4 is 42.4 Å². The molecule has 25 heteroatoms. The molecule has 6 unspecified atom stereocenters. The molecule has 3 heterocycles. The predicted molar refractivity (Wildman–Crippen MR) is 292 cm³/mol. The van der Waals surface area contributed by atoms with Gasteiger partial charge in [-0.05, 0) is 57.0 Å². The second-order valence-corrected chi connectivity index (χ2v) is 19.2. The first-order valence-corrected chi connectivity index (χ1v) is 26.1. The van der Waals surface area contributed by atoms with Crippen molar-refractivity contribution in [2.24, 2.45) is 5.73 Å². The number of phenols is 2. The van der Waals surface area contributed by atoms with Gasteiger partial charge in [-0.2, -0.15) is 0 Å². The van der Waals surface area contributed by atoms with E-state index in [0.29, 0.717) is 44.1 Å². The first-order valence-electron chi connectivity index (χ1n) is 26.1. The van der Waals surface area contributed by atoms with Crippen LogP contribution in [-0.2, 0) is 55.9 Å². The number of benzene rings is 3. The number of carbonyl (C=O) groups excluding carboxylic acids is 7. The number of morpholine rings is 1. The van der Waals surface area contributed by atoms with Crippen molar-refractivity contribution >= 4 is 47.4 Å². The predicted octanol–water partition coefficient (Wildman–Crippen LogP) is 1.62. The number of hydrogen-bond donors (Lipinski definition) is 11. The highest BCUT2D eigenvalue weighted by atomic mass is 16.7. The quantitative estimate of drug-likeness (QED) is 0.0383. The second kappa shape index (κ2) is 31.3. The summed E-state index contributed by atoms with van der Waals surface area (Å²) < 4.78 is 32.8. The first-order chi connectivity index (χ1) is 37.8. The third-order valence-corrected chi connectivity index (χ3v) is 13.4. The molecule has 3 fully saturated rings. The number of nitrogens with one attached hydrogen (secondary N) is 6. The maximum absolute atomic E-state index is 13.3. The third kappa shape index (κ3) is 16.0. The summed E-state index contributed by atoms with van der Waals surface area (Å²) >= 11 is 0. The zero-order chi connectivity index (χ0) is 58.0. The number of aliphatic hydroxyl groups excluding tert-OH is 1. The highest BCUT2D eigenvalue weighted by Gasteiger charge is 2.52. The first kappa shape index (κ1) is 65.7. The number of carbonyl (C=O) groups is 7. The number of amides is 6. The van der Waals surface area contributed by atoms with Crippen LogP contribution in [0.3, 0.4) is 0 Å². The fourth-order valence-electron chi connectivity index (χ4n) is 9.85. The van der Waals surface area contributed by atoms with Crippen LogP contribution in [0.5, 0.6) is 17.2 Å². The van der Waals surface area contributed by atoms with E-state index in [1.54, 1.807) is 33.4 Å². The summed E-state index contributed by atoms with van der Waals surface area (Å²) in [7, 11) is 6.24. The number of nitrogens with two attached hydrogens (primary N) is 1. The fourth-order valence-corrected chi connectivity index (χ4v) is 9.85. The maximum atomic E-state index is 13.3. The molecule has 5 aliphatic rings. The largest absolute Gasteiger partial charge is 0.507 e. The summed E-state index contributed by atoms with van der Waals surface area (Å²) in [6.45, 7) is 9.82. The Bertz CT molecular complexity index is 2610. The van der Waals surface area contributed by atoms with Gasteiger partial charge in [0.05, 0.1) is 55.8 Å². The summed E-state index contributed by atoms with van der Waals surface area (Å²) in [5.41, 5.74) is 2.90. The number of hydrogen-bond acceptors (Lipinski definition) is 19. The number of aliphatic hydroxyl groups is 2. The zero-order valence-corrected chi connectivity index (χ0v) is 45.7. The summed E-state index contributed by atoms with van der Waals surface area (Å²) in [6, 6.07) is 10.7. The molecule has 80 heavy (non-hydrogen) atoms. The number of primary amides is 1. The van der Waals surface area contributed by atoms with Gasteiger partial charge in [-0.25, -0.2) is 4.79 Å². The van der Waals surface area contributed by atoms with Gasteiger partial charge in [0.15, 0.2) is 18.3 Å². The van der Waals surface area contributed by atoms with Crippen LogP contribution in [-0.4, -0.2) is 184 Å². The van der Waals surface area contributed by atoms with Crippen molar-refractivity contribution in [1.82, 2.24) is 31.5 Å². The van der Waals surface area contributed by atoms with Crippen molar-refractivity contribution in [3.63, 3.8) is 0 Å². The van der Waals surface area contributed by atoms with Crippen LogP contribution in [0.2, 0.25) is 0 Å². The molecule has 0 bridgehead atoms. The van der Waals surface area contributed by atoms with Crippen molar-refractivity contribution in [3.8, 4) is 17.2 Å². The Morgan fingerprint density at radius 1 is 0.938 bits per heavy atom. The molecule has 442 valence electrons. The minimum Gasteiger partial charge on any atom is -0.507 e. The van der Waals surface area contributed by atoms with Crippen LogP contribution in [0, 0.1) is 0 Å². The number of likely N-dealkylation sites (N-methyl/N-ethyl adjacent to an activating group) is 1. The molecule has 3 aromatic rings. The molecule has 0 radical (unpaired) electrons. The summed E-state index contributed by atoms with van der Waals surface area (Å²) in [6.07, 6.45) is 0.901. The molecule has 12 N–H and O–H groups in total. The van der Waals surface area contributed by atoms with Crippen molar-refractivity contribution in [1.29, 1.82) is 0 Å². The van der Waals surface area contributed by atoms with E-state index in [1.165, 1.54) is 31.7 Å². The van der Waals surface area contributed by atoms with E-state index in [4.69, 9.17) is 34.2 Å². The number of methoxy groups -OCH3 is 3. The topological polar surface area (TPSA) is 357 Å². The Labute approximate surface area is 465 Å². The fraction of sp³-hybridized carbons (Fsp3) is 0.545. The molecule has 6 amide bonds. The van der Waals surface area contributed by atoms with Gasteiger partial charge in [0.1, 0.15) is 35.0 Å². The van der Waals surface area contributed by atoms with Crippen LogP contribution in [0.15, 0.2) is 42.5 Å². The number of ether oxygens (including phenoxy) is 6. The molecular weight excluding hydrogens is 1040 g/mol. The van der Waals surface area contributed by atoms with Gasteiger partial charge in [-0.15, -0.1) is 0 Å². The van der Waals surface area contributed by atoms with Crippen LogP contribution in [0.4, 0.5) is 10.5 Å². The van der Waals surface area contributed by atoms with Crippen molar-refractivity contribution in [2.45, 2.75) is 122 Å². The van der Waals surface area contributed by atoms with Gasteiger partial charge in [0, 0.05) is 88.3 Å². The zero-order valence-electron chi connectivity index (χ0n) is 45.7. The minimum absolute atomic E-state index is 0. The lowest BCUT2D eigenvalue weighted by atomic mass is 9.72. The molecule has 0 spiro atoms. The SMILES string of the molecule is C.CCC.CNCC(=O)NC(CCCNC(N)=O)C(=O)Nc1ccc(COC)cc1.COC1OCCN2C3CCOC(C)C3O[C@H]12.COc1cccc2c1C(=O)c1c(O)c3c(c(O)c1C2=O)C[C@](O)(C(=O)NCCNC=O)CC3O. The number of aromatic hydroxyl groups is 2. The molecule has 3 aliphatic heterocycles. The normalized spacial score (nSPS) is 22.5. The molecule has 8 rings (SSSR count). The average molecular weight is 1130 g/mol. The number of rotatable bonds is 18. The molecule has 3 aromatic carbocycles. The molecule has 8 atom stereocenters. The second-order valence-electron chi connectivity index (χ2n) is 19.2. The van der Waals surface area contributed by atoms with Crippen LogP contribution >= 0.6 is 0 Å². The lowest BCUT2D eigenvalue weighted by molar-refractivity contribution is -0.246. The molecule has 2 aliphatic carbocycles. The Morgan fingerprint density at radius 2 is 1.64 bits per heavy atom. The average Bonchev–Trinajstić information content (AvgIpc) is 3.86. The number of fused-ring (bicyclic) bond motifs is 6.